The van der Waals surface area contributed by atoms with Crippen molar-refractivity contribution in [2.75, 3.05) is 40.9 Å². The van der Waals surface area contributed by atoms with Gasteiger partial charge in [-0.1, -0.05) is 30.3 Å². The molecule has 0 saturated carbocycles. The number of carbonyl (C=O) groups is 1. The maximum Gasteiger partial charge on any atom is 0.332 e. The van der Waals surface area contributed by atoms with Gasteiger partial charge in [-0.05, 0) is 19.0 Å². The van der Waals surface area contributed by atoms with Crippen molar-refractivity contribution in [1.29, 1.82) is 0 Å². The predicted octanol–water partition coefficient (Wildman–Crippen LogP) is 0.995. The highest BCUT2D eigenvalue weighted by Crippen LogP contribution is 2.26. The molecule has 0 bridgehead atoms. The molecular weight excluding hydrogens is 268 g/mol. The monoisotopic (exact) mass is 292 g/mol. The Labute approximate surface area is 126 Å². The van der Waals surface area contributed by atoms with Crippen LogP contribution in [0, 0.1) is 0 Å². The highest BCUT2D eigenvalue weighted by atomic mass is 16.5. The van der Waals surface area contributed by atoms with Gasteiger partial charge >= 0.3 is 5.97 Å². The topological polar surface area (TPSA) is 50.8 Å². The quantitative estimate of drug-likeness (QED) is 0.793. The summed E-state index contributed by atoms with van der Waals surface area (Å²) in [6.07, 6.45) is 1.24. The number of hydrogen-bond donors (Lipinski definition) is 1. The van der Waals surface area contributed by atoms with E-state index in [2.05, 4.69) is 10.2 Å². The molecule has 1 aromatic rings. The second-order valence-corrected chi connectivity index (χ2v) is 5.39. The zero-order valence-corrected chi connectivity index (χ0v) is 13.0. The highest BCUT2D eigenvalue weighted by Gasteiger charge is 2.42. The van der Waals surface area contributed by atoms with Crippen molar-refractivity contribution in [3.05, 3.63) is 35.9 Å². The van der Waals surface area contributed by atoms with Gasteiger partial charge in [0.2, 0.25) is 0 Å². The summed E-state index contributed by atoms with van der Waals surface area (Å²) >= 11 is 0. The first-order chi connectivity index (χ1) is 10.2. The Morgan fingerprint density at radius 2 is 2.10 bits per heavy atom. The summed E-state index contributed by atoms with van der Waals surface area (Å²) in [6, 6.07) is 9.73. The summed E-state index contributed by atoms with van der Waals surface area (Å²) < 4.78 is 10.5. The highest BCUT2D eigenvalue weighted by molar-refractivity contribution is 5.83. The van der Waals surface area contributed by atoms with E-state index in [1.165, 1.54) is 7.11 Å². The average Bonchev–Trinajstić information content (AvgIpc) is 3.00. The molecule has 1 N–H and O–H groups in total. The number of carbonyl (C=O) groups excluding carboxylic acids is 1. The zero-order chi connectivity index (χ0) is 15.3. The van der Waals surface area contributed by atoms with E-state index in [1.807, 2.05) is 30.3 Å². The molecule has 5 nitrogen and oxygen atoms in total. The molecule has 1 heterocycles. The van der Waals surface area contributed by atoms with Crippen molar-refractivity contribution in [2.24, 2.45) is 0 Å². The third kappa shape index (κ3) is 3.26. The van der Waals surface area contributed by atoms with Crippen molar-refractivity contribution in [1.82, 2.24) is 10.2 Å². The van der Waals surface area contributed by atoms with Crippen molar-refractivity contribution in [3.63, 3.8) is 0 Å². The summed E-state index contributed by atoms with van der Waals surface area (Å²) in [5.74, 6) is -0.267. The van der Waals surface area contributed by atoms with E-state index in [4.69, 9.17) is 9.47 Å². The molecule has 0 spiro atoms. The molecule has 0 aromatic heterocycles. The Balaban J connectivity index is 2.26. The molecule has 0 radical (unpaired) electrons. The molecule has 2 unspecified atom stereocenters. The van der Waals surface area contributed by atoms with Crippen molar-refractivity contribution < 1.29 is 14.3 Å². The molecule has 2 rings (SSSR count). The molecule has 1 aromatic carbocycles. The number of likely N-dealkylation sites (N-methyl/N-ethyl adjacent to an activating group) is 1. The number of hydrogen-bond acceptors (Lipinski definition) is 5. The van der Waals surface area contributed by atoms with Gasteiger partial charge in [0.15, 0.2) is 5.54 Å². The number of ether oxygens (including phenoxy) is 2. The molecule has 5 heteroatoms. The molecule has 0 aliphatic carbocycles. The normalized spacial score (nSPS) is 22.0. The maximum absolute atomic E-state index is 12.5. The fourth-order valence-corrected chi connectivity index (χ4v) is 2.96. The second-order valence-electron chi connectivity index (χ2n) is 5.39. The van der Waals surface area contributed by atoms with Gasteiger partial charge in [-0.2, -0.15) is 0 Å². The molecule has 2 atom stereocenters. The van der Waals surface area contributed by atoms with E-state index >= 15 is 0 Å². The molecular formula is C16H24N2O3. The van der Waals surface area contributed by atoms with Crippen LogP contribution in [0.1, 0.15) is 12.0 Å². The van der Waals surface area contributed by atoms with Crippen LogP contribution in [0.25, 0.3) is 0 Å². The smallest absolute Gasteiger partial charge is 0.332 e. The Bertz CT molecular complexity index is 466. The number of methoxy groups -OCH3 is 2. The minimum absolute atomic E-state index is 0.243. The van der Waals surface area contributed by atoms with Crippen molar-refractivity contribution in [3.8, 4) is 0 Å². The van der Waals surface area contributed by atoms with Gasteiger partial charge in [0, 0.05) is 26.7 Å². The SMILES string of the molecule is CNC(CN1CCC(OC)C1)(C(=O)OC)c1ccccc1. The van der Waals surface area contributed by atoms with Crippen LogP contribution in [0.2, 0.25) is 0 Å². The number of nitrogens with one attached hydrogen (secondary N) is 1. The summed E-state index contributed by atoms with van der Waals surface area (Å²) in [7, 11) is 4.96. The fourth-order valence-electron chi connectivity index (χ4n) is 2.96. The zero-order valence-electron chi connectivity index (χ0n) is 13.0. The summed E-state index contributed by atoms with van der Waals surface area (Å²) in [5.41, 5.74) is 0.0683. The van der Waals surface area contributed by atoms with Gasteiger partial charge in [-0.25, -0.2) is 4.79 Å². The number of rotatable bonds is 6. The van der Waals surface area contributed by atoms with E-state index in [1.54, 1.807) is 14.2 Å². The van der Waals surface area contributed by atoms with Gasteiger partial charge in [0.05, 0.1) is 13.2 Å². The largest absolute Gasteiger partial charge is 0.467 e. The molecule has 21 heavy (non-hydrogen) atoms. The van der Waals surface area contributed by atoms with Crippen LogP contribution in [0.4, 0.5) is 0 Å². The first-order valence-electron chi connectivity index (χ1n) is 7.24. The van der Waals surface area contributed by atoms with Crippen LogP contribution in [0.5, 0.6) is 0 Å². The molecule has 1 fully saturated rings. The van der Waals surface area contributed by atoms with Crippen LogP contribution in [0.3, 0.4) is 0 Å². The van der Waals surface area contributed by atoms with E-state index in [0.29, 0.717) is 6.54 Å². The lowest BCUT2D eigenvalue weighted by molar-refractivity contribution is -0.149. The van der Waals surface area contributed by atoms with E-state index in [9.17, 15) is 4.79 Å². The Hall–Kier alpha value is -1.43. The lowest BCUT2D eigenvalue weighted by Crippen LogP contribution is -2.55. The Morgan fingerprint density at radius 3 is 2.62 bits per heavy atom. The molecule has 116 valence electrons. The van der Waals surface area contributed by atoms with Crippen molar-refractivity contribution in [2.45, 2.75) is 18.1 Å². The maximum atomic E-state index is 12.5. The van der Waals surface area contributed by atoms with Crippen LogP contribution in [0.15, 0.2) is 30.3 Å². The van der Waals surface area contributed by atoms with Crippen LogP contribution < -0.4 is 5.32 Å². The van der Waals surface area contributed by atoms with Gasteiger partial charge in [0.25, 0.3) is 0 Å². The van der Waals surface area contributed by atoms with Gasteiger partial charge in [-0.3, -0.25) is 4.90 Å². The lowest BCUT2D eigenvalue weighted by Gasteiger charge is -2.34. The second kappa shape index (κ2) is 7.02. The van der Waals surface area contributed by atoms with Gasteiger partial charge in [-0.15, -0.1) is 0 Å². The summed E-state index contributed by atoms with van der Waals surface area (Å²) in [5, 5.41) is 3.19. The predicted molar refractivity (Wildman–Crippen MR) is 81.0 cm³/mol. The first kappa shape index (κ1) is 15.9. The third-order valence-corrected chi connectivity index (χ3v) is 4.25. The molecule has 1 aliphatic rings. The molecule has 0 amide bonds. The average molecular weight is 292 g/mol. The number of likely N-dealkylation sites (tertiary alicyclic amines) is 1. The standard InChI is InChI=1S/C16H24N2O3/c1-17-16(15(19)21-3,13-7-5-4-6-8-13)12-18-10-9-14(11-18)20-2/h4-8,14,17H,9-12H2,1-3H3. The molecule has 1 aliphatic heterocycles. The summed E-state index contributed by atoms with van der Waals surface area (Å²) in [4.78, 5) is 14.7. The van der Waals surface area contributed by atoms with Gasteiger partial charge < -0.3 is 14.8 Å². The van der Waals surface area contributed by atoms with Crippen molar-refractivity contribution >= 4 is 5.97 Å². The summed E-state index contributed by atoms with van der Waals surface area (Å²) in [6.45, 7) is 2.33. The Morgan fingerprint density at radius 1 is 1.38 bits per heavy atom. The van der Waals surface area contributed by atoms with E-state index in [-0.39, 0.29) is 12.1 Å². The first-order valence-corrected chi connectivity index (χ1v) is 7.24. The number of esters is 1. The van der Waals surface area contributed by atoms with Crippen LogP contribution in [-0.2, 0) is 19.8 Å². The van der Waals surface area contributed by atoms with Gasteiger partial charge in [0.1, 0.15) is 0 Å². The third-order valence-electron chi connectivity index (χ3n) is 4.25. The van der Waals surface area contributed by atoms with Crippen LogP contribution >= 0.6 is 0 Å². The minimum Gasteiger partial charge on any atom is -0.467 e. The number of nitrogens with zero attached hydrogens (tertiary/aromatic N) is 1. The fraction of sp³-hybridized carbons (Fsp3) is 0.562. The lowest BCUT2D eigenvalue weighted by atomic mass is 9.89. The minimum atomic E-state index is -0.849. The Kier molecular flexibility index (Phi) is 5.33. The van der Waals surface area contributed by atoms with Crippen LogP contribution in [-0.4, -0.2) is 57.9 Å². The van der Waals surface area contributed by atoms with E-state index < -0.39 is 5.54 Å². The van der Waals surface area contributed by atoms with E-state index in [0.717, 1.165) is 25.1 Å². The molecule has 1 saturated heterocycles. The number of benzene rings is 1.